The molecule has 4 aliphatic carbocycles. The summed E-state index contributed by atoms with van der Waals surface area (Å²) in [6, 6.07) is 16.7. The fourth-order valence-electron chi connectivity index (χ4n) is 3.82. The minimum absolute atomic E-state index is 0.857. The first-order valence-electron chi connectivity index (χ1n) is 9.27. The van der Waals surface area contributed by atoms with Crippen LogP contribution in [0.2, 0.25) is 10.0 Å². The lowest BCUT2D eigenvalue weighted by atomic mass is 10.1. The molecule has 4 rings (SSSR count). The van der Waals surface area contributed by atoms with Gasteiger partial charge in [0, 0.05) is 21.2 Å². The first-order valence-corrected chi connectivity index (χ1v) is 10.0. The van der Waals surface area contributed by atoms with Crippen molar-refractivity contribution in [1.82, 2.24) is 0 Å². The van der Waals surface area contributed by atoms with E-state index in [-0.39, 0.29) is 0 Å². The van der Waals surface area contributed by atoms with Crippen LogP contribution >= 0.6 is 23.2 Å². The molecule has 0 aromatic rings. The maximum atomic E-state index is 6.39. The third kappa shape index (κ3) is 3.06. The van der Waals surface area contributed by atoms with E-state index in [1.807, 2.05) is 0 Å². The Balaban J connectivity index is 1.75. The zero-order valence-corrected chi connectivity index (χ0v) is 17.9. The van der Waals surface area contributed by atoms with Crippen LogP contribution in [0.3, 0.4) is 0 Å². The van der Waals surface area contributed by atoms with Gasteiger partial charge in [0.15, 0.2) is 0 Å². The molecular formula is C26H20Cl2. The molecule has 0 aliphatic heterocycles. The van der Waals surface area contributed by atoms with E-state index < -0.39 is 0 Å². The summed E-state index contributed by atoms with van der Waals surface area (Å²) in [4.78, 5) is 0. The van der Waals surface area contributed by atoms with Gasteiger partial charge in [-0.15, -0.1) is 0 Å². The van der Waals surface area contributed by atoms with E-state index in [9.17, 15) is 0 Å². The van der Waals surface area contributed by atoms with Crippen LogP contribution in [0.1, 0.15) is 33.4 Å². The molecule has 0 unspecified atom stereocenters. The topological polar surface area (TPSA) is 0 Å². The largest absolute Gasteiger partial charge is 0.0837 e. The maximum Gasteiger partial charge on any atom is 0.0476 e. The van der Waals surface area contributed by atoms with Gasteiger partial charge in [0.25, 0.3) is 0 Å². The minimum atomic E-state index is 0.857. The molecule has 0 aromatic carbocycles. The molecule has 0 amide bonds. The zero-order valence-electron chi connectivity index (χ0n) is 16.4. The average molecular weight is 403 g/mol. The Kier molecular flexibility index (Phi) is 4.84. The smallest absolute Gasteiger partial charge is 0.0476 e. The fourth-order valence-corrected chi connectivity index (χ4v) is 4.22. The molecule has 138 valence electrons. The van der Waals surface area contributed by atoms with Crippen LogP contribution in [-0.2, 0) is 0 Å². The van der Waals surface area contributed by atoms with E-state index in [1.54, 1.807) is 0 Å². The van der Waals surface area contributed by atoms with Gasteiger partial charge in [-0.1, -0.05) is 59.3 Å². The van der Waals surface area contributed by atoms with Crippen molar-refractivity contribution in [3.05, 3.63) is 92.0 Å². The van der Waals surface area contributed by atoms with Crippen LogP contribution in [-0.4, -0.2) is 0 Å². The van der Waals surface area contributed by atoms with E-state index in [0.29, 0.717) is 0 Å². The first kappa shape index (κ1) is 18.9. The van der Waals surface area contributed by atoms with Crippen molar-refractivity contribution in [1.29, 1.82) is 0 Å². The third-order valence-electron chi connectivity index (χ3n) is 5.58. The molecule has 2 heteroatoms. The molecule has 0 atom stereocenters. The summed E-state index contributed by atoms with van der Waals surface area (Å²) in [5.41, 5.74) is 11.2. The van der Waals surface area contributed by atoms with E-state index >= 15 is 0 Å². The van der Waals surface area contributed by atoms with Crippen molar-refractivity contribution in [3.8, 4) is 34.1 Å². The Morgan fingerprint density at radius 2 is 0.714 bits per heavy atom. The number of fused-ring (bicyclic) bond motifs is 2. The summed E-state index contributed by atoms with van der Waals surface area (Å²) in [5, 5.41) is 1.71. The first-order chi connectivity index (χ1) is 13.4. The van der Waals surface area contributed by atoms with Crippen molar-refractivity contribution >= 4 is 23.2 Å². The summed E-state index contributed by atoms with van der Waals surface area (Å²) >= 11 is 12.8. The highest BCUT2D eigenvalue weighted by Crippen LogP contribution is 2.39. The second-order valence-corrected chi connectivity index (χ2v) is 8.03. The van der Waals surface area contributed by atoms with Gasteiger partial charge < -0.3 is 0 Å². The van der Waals surface area contributed by atoms with Gasteiger partial charge in [-0.25, -0.2) is 0 Å². The number of rotatable bonds is 0. The van der Waals surface area contributed by atoms with E-state index in [2.05, 4.69) is 88.1 Å². The molecule has 0 aromatic heterocycles. The van der Waals surface area contributed by atoms with Gasteiger partial charge in [0.05, 0.1) is 0 Å². The van der Waals surface area contributed by atoms with Crippen molar-refractivity contribution in [2.24, 2.45) is 0 Å². The molecule has 0 radical (unpaired) electrons. The number of hydrogen-bond donors (Lipinski definition) is 0. The molecule has 0 fully saturated rings. The quantitative estimate of drug-likeness (QED) is 0.262. The predicted octanol–water partition coefficient (Wildman–Crippen LogP) is 7.84. The van der Waals surface area contributed by atoms with E-state index in [0.717, 1.165) is 43.4 Å². The second-order valence-electron chi connectivity index (χ2n) is 7.28. The van der Waals surface area contributed by atoms with Gasteiger partial charge in [-0.05, 0) is 96.5 Å². The Bertz CT molecular complexity index is 1050. The molecule has 0 N–H and O–H groups in total. The molecule has 4 aliphatic rings. The van der Waals surface area contributed by atoms with Crippen LogP contribution in [0.25, 0.3) is 22.3 Å². The molecule has 28 heavy (non-hydrogen) atoms. The Hall–Kier alpha value is -2.46. The highest BCUT2D eigenvalue weighted by atomic mass is 35.5. The van der Waals surface area contributed by atoms with E-state index in [4.69, 9.17) is 23.2 Å². The highest BCUT2D eigenvalue weighted by Gasteiger charge is 2.16. The van der Waals surface area contributed by atoms with Gasteiger partial charge in [-0.3, -0.25) is 0 Å². The van der Waals surface area contributed by atoms with Crippen LogP contribution in [0, 0.1) is 39.5 Å². The summed E-state index contributed by atoms with van der Waals surface area (Å²) in [6.07, 6.45) is 0. The van der Waals surface area contributed by atoms with Crippen molar-refractivity contribution in [2.75, 3.05) is 0 Å². The van der Waals surface area contributed by atoms with Gasteiger partial charge in [0.2, 0.25) is 0 Å². The summed E-state index contributed by atoms with van der Waals surface area (Å²) in [5.74, 6) is 6.58. The number of hydrogen-bond acceptors (Lipinski definition) is 0. The Morgan fingerprint density at radius 3 is 0.964 bits per heavy atom. The van der Waals surface area contributed by atoms with Crippen molar-refractivity contribution < 1.29 is 0 Å². The molecule has 0 spiro atoms. The summed E-state index contributed by atoms with van der Waals surface area (Å²) in [7, 11) is 0. The van der Waals surface area contributed by atoms with Gasteiger partial charge in [-0.2, -0.15) is 0 Å². The van der Waals surface area contributed by atoms with Crippen LogP contribution in [0.5, 0.6) is 0 Å². The predicted molar refractivity (Wildman–Crippen MR) is 121 cm³/mol. The molecule has 0 nitrogen and oxygen atoms in total. The highest BCUT2D eigenvalue weighted by molar-refractivity contribution is 6.34. The maximum absolute atomic E-state index is 6.39. The van der Waals surface area contributed by atoms with Crippen molar-refractivity contribution in [3.63, 3.8) is 0 Å². The normalized spacial score (nSPS) is 10.9. The minimum Gasteiger partial charge on any atom is -0.0837 e. The lowest BCUT2D eigenvalue weighted by Crippen LogP contribution is -1.71. The third-order valence-corrected chi connectivity index (χ3v) is 6.72. The second kappa shape index (κ2) is 7.17. The lowest BCUT2D eigenvalue weighted by Gasteiger charge is -1.93. The average Bonchev–Trinajstić information content (AvgIpc) is 2.95. The number of halogens is 2. The molecular weight excluding hydrogens is 383 g/mol. The monoisotopic (exact) mass is 402 g/mol. The zero-order chi connectivity index (χ0) is 20.0. The van der Waals surface area contributed by atoms with Gasteiger partial charge >= 0.3 is 0 Å². The Labute approximate surface area is 176 Å². The SMILES string of the molecule is Cc1c2ccc(C#Cc3ccc4c(C)c(Cl)c(C)c-4cc3)ccc-2c(C)c1Cl. The van der Waals surface area contributed by atoms with Crippen molar-refractivity contribution in [2.45, 2.75) is 27.7 Å². The van der Waals surface area contributed by atoms with Crippen LogP contribution in [0.15, 0.2) is 48.5 Å². The summed E-state index contributed by atoms with van der Waals surface area (Å²) < 4.78 is 0. The van der Waals surface area contributed by atoms with Gasteiger partial charge in [0.1, 0.15) is 0 Å². The lowest BCUT2D eigenvalue weighted by molar-refractivity contribution is 1.50. The molecule has 0 saturated carbocycles. The molecule has 0 bridgehead atoms. The van der Waals surface area contributed by atoms with Crippen LogP contribution < -0.4 is 0 Å². The van der Waals surface area contributed by atoms with E-state index in [1.165, 1.54) is 22.3 Å². The fraction of sp³-hybridized carbons (Fsp3) is 0.154. The molecule has 0 saturated heterocycles. The van der Waals surface area contributed by atoms with Crippen LogP contribution in [0.4, 0.5) is 0 Å². The summed E-state index contributed by atoms with van der Waals surface area (Å²) in [6.45, 7) is 8.25. The Morgan fingerprint density at radius 1 is 0.464 bits per heavy atom. The molecule has 0 heterocycles. The standard InChI is InChI=1S/C26H20Cl2/c1-15-21-11-7-19(8-12-22(21)16(2)25(15)27)5-6-20-9-13-23-17(3)26(28)18(4)24(23)14-10-20/h7-14H,1-4H3.